The molecule has 1 aromatic carbocycles. The first-order chi connectivity index (χ1) is 9.63. The minimum atomic E-state index is -0.726. The van der Waals surface area contributed by atoms with Gasteiger partial charge < -0.3 is 15.7 Å². The predicted molar refractivity (Wildman–Crippen MR) is 74.0 cm³/mol. The van der Waals surface area contributed by atoms with E-state index in [0.717, 1.165) is 18.9 Å². The Morgan fingerprint density at radius 2 is 2.15 bits per heavy atom. The normalized spacial score (nSPS) is 28.9. The third kappa shape index (κ3) is 2.63. The van der Waals surface area contributed by atoms with Crippen molar-refractivity contribution in [2.24, 2.45) is 5.92 Å². The zero-order chi connectivity index (χ0) is 14.1. The largest absolute Gasteiger partial charge is 0.505 e. The van der Waals surface area contributed by atoms with Crippen LogP contribution >= 0.6 is 0 Å². The van der Waals surface area contributed by atoms with Crippen LogP contribution in [0.25, 0.3) is 0 Å². The summed E-state index contributed by atoms with van der Waals surface area (Å²) in [5, 5.41) is 15.2. The maximum Gasteiger partial charge on any atom is 0.241 e. The fourth-order valence-electron chi connectivity index (χ4n) is 3.34. The van der Waals surface area contributed by atoms with Crippen molar-refractivity contribution in [2.75, 3.05) is 5.32 Å². The summed E-state index contributed by atoms with van der Waals surface area (Å²) in [6, 6.07) is 4.14. The molecule has 3 rings (SSSR count). The molecule has 1 aromatic rings. The van der Waals surface area contributed by atoms with E-state index in [1.54, 1.807) is 0 Å². The Bertz CT molecular complexity index is 507. The molecule has 0 aromatic heterocycles. The van der Waals surface area contributed by atoms with Crippen molar-refractivity contribution in [3.63, 3.8) is 0 Å². The van der Waals surface area contributed by atoms with Crippen molar-refractivity contribution in [2.45, 2.75) is 44.2 Å². The van der Waals surface area contributed by atoms with E-state index in [-0.39, 0.29) is 11.9 Å². The number of hydrogen-bond acceptors (Lipinski definition) is 3. The number of halogens is 1. The minimum Gasteiger partial charge on any atom is -0.505 e. The molecule has 2 fully saturated rings. The molecule has 20 heavy (non-hydrogen) atoms. The second kappa shape index (κ2) is 5.40. The Hall–Kier alpha value is -1.62. The molecule has 1 heterocycles. The number of aromatic hydroxyl groups is 1. The lowest BCUT2D eigenvalue weighted by Crippen LogP contribution is -2.39. The van der Waals surface area contributed by atoms with E-state index in [0.29, 0.717) is 17.6 Å². The van der Waals surface area contributed by atoms with Gasteiger partial charge >= 0.3 is 0 Å². The van der Waals surface area contributed by atoms with Crippen molar-refractivity contribution < 1.29 is 14.3 Å². The van der Waals surface area contributed by atoms with E-state index < -0.39 is 11.6 Å². The third-order valence-corrected chi connectivity index (χ3v) is 4.39. The van der Waals surface area contributed by atoms with Gasteiger partial charge in [0.15, 0.2) is 11.6 Å². The molecule has 0 bridgehead atoms. The van der Waals surface area contributed by atoms with Gasteiger partial charge in [-0.05, 0) is 37.3 Å². The summed E-state index contributed by atoms with van der Waals surface area (Å²) in [5.41, 5.74) is 0.377. The molecule has 3 atom stereocenters. The molecule has 1 amide bonds. The van der Waals surface area contributed by atoms with E-state index in [4.69, 9.17) is 5.11 Å². The molecule has 1 aliphatic carbocycles. The van der Waals surface area contributed by atoms with Crippen LogP contribution in [0.15, 0.2) is 18.2 Å². The Labute approximate surface area is 117 Å². The lowest BCUT2D eigenvalue weighted by molar-refractivity contribution is -0.117. The number of carbonyl (C=O) groups excluding carboxylic acids is 1. The van der Waals surface area contributed by atoms with Gasteiger partial charge in [0.05, 0.1) is 6.04 Å². The molecule has 1 aliphatic heterocycles. The molecule has 1 saturated carbocycles. The Morgan fingerprint density at radius 1 is 1.35 bits per heavy atom. The van der Waals surface area contributed by atoms with Gasteiger partial charge in [-0.25, -0.2) is 4.39 Å². The number of hydrogen-bond donors (Lipinski definition) is 3. The fourth-order valence-corrected chi connectivity index (χ4v) is 3.34. The summed E-state index contributed by atoms with van der Waals surface area (Å²) in [6.45, 7) is 0. The Morgan fingerprint density at radius 3 is 2.90 bits per heavy atom. The van der Waals surface area contributed by atoms with Gasteiger partial charge in [-0.1, -0.05) is 12.8 Å². The van der Waals surface area contributed by atoms with Crippen molar-refractivity contribution in [1.82, 2.24) is 5.32 Å². The molecule has 5 heteroatoms. The first kappa shape index (κ1) is 13.4. The molecular weight excluding hydrogens is 259 g/mol. The smallest absolute Gasteiger partial charge is 0.241 e. The van der Waals surface area contributed by atoms with Crippen molar-refractivity contribution in [1.29, 1.82) is 0 Å². The van der Waals surface area contributed by atoms with Crippen LogP contribution in [0.1, 0.15) is 32.1 Å². The minimum absolute atomic E-state index is 0.121. The van der Waals surface area contributed by atoms with E-state index in [1.165, 1.54) is 31.4 Å². The monoisotopic (exact) mass is 278 g/mol. The van der Waals surface area contributed by atoms with Gasteiger partial charge in [0.25, 0.3) is 0 Å². The van der Waals surface area contributed by atoms with E-state index >= 15 is 0 Å². The molecule has 2 aliphatic rings. The molecule has 3 unspecified atom stereocenters. The van der Waals surface area contributed by atoms with Gasteiger partial charge in [0.1, 0.15) is 0 Å². The summed E-state index contributed by atoms with van der Waals surface area (Å²) < 4.78 is 13.2. The maximum atomic E-state index is 13.2. The molecule has 3 N–H and O–H groups in total. The number of rotatable bonds is 2. The van der Waals surface area contributed by atoms with Crippen LogP contribution in [-0.4, -0.2) is 23.1 Å². The number of nitrogens with one attached hydrogen (secondary N) is 2. The van der Waals surface area contributed by atoms with Crippen molar-refractivity contribution in [3.05, 3.63) is 24.0 Å². The number of benzene rings is 1. The average molecular weight is 278 g/mol. The van der Waals surface area contributed by atoms with Crippen molar-refractivity contribution >= 4 is 11.6 Å². The van der Waals surface area contributed by atoms with Gasteiger partial charge in [0.2, 0.25) is 5.91 Å². The van der Waals surface area contributed by atoms with Crippen LogP contribution in [0.5, 0.6) is 5.75 Å². The number of carbonyl (C=O) groups is 1. The van der Waals surface area contributed by atoms with Gasteiger partial charge in [-0.3, -0.25) is 4.79 Å². The van der Waals surface area contributed by atoms with Gasteiger partial charge in [0, 0.05) is 17.8 Å². The SMILES string of the molecule is O=C(Nc1ccc(O)c(F)c1)C1CC2CCCCC2N1. The molecular formula is C15H19FN2O2. The fraction of sp³-hybridized carbons (Fsp3) is 0.533. The zero-order valence-electron chi connectivity index (χ0n) is 11.2. The first-order valence-electron chi connectivity index (χ1n) is 7.19. The first-order valence-corrected chi connectivity index (χ1v) is 7.19. The topological polar surface area (TPSA) is 61.4 Å². The average Bonchev–Trinajstić information content (AvgIpc) is 2.87. The number of phenols is 1. The van der Waals surface area contributed by atoms with Crippen LogP contribution in [0, 0.1) is 11.7 Å². The zero-order valence-corrected chi connectivity index (χ0v) is 11.2. The summed E-state index contributed by atoms with van der Waals surface area (Å²) in [6.07, 6.45) is 5.67. The van der Waals surface area contributed by atoms with Gasteiger partial charge in [-0.15, -0.1) is 0 Å². The van der Waals surface area contributed by atoms with E-state index in [2.05, 4.69) is 10.6 Å². The molecule has 1 saturated heterocycles. The molecule has 0 spiro atoms. The number of phenolic OH excluding ortho intramolecular Hbond substituents is 1. The van der Waals surface area contributed by atoms with Crippen molar-refractivity contribution in [3.8, 4) is 5.75 Å². The highest BCUT2D eigenvalue weighted by Crippen LogP contribution is 2.33. The highest BCUT2D eigenvalue weighted by molar-refractivity contribution is 5.95. The van der Waals surface area contributed by atoms with Crippen LogP contribution in [-0.2, 0) is 4.79 Å². The lowest BCUT2D eigenvalue weighted by atomic mass is 9.85. The second-order valence-corrected chi connectivity index (χ2v) is 5.76. The molecule has 108 valence electrons. The summed E-state index contributed by atoms with van der Waals surface area (Å²) in [7, 11) is 0. The number of anilines is 1. The maximum absolute atomic E-state index is 13.2. The molecule has 4 nitrogen and oxygen atoms in total. The quantitative estimate of drug-likeness (QED) is 0.728. The highest BCUT2D eigenvalue weighted by atomic mass is 19.1. The molecule has 0 radical (unpaired) electrons. The second-order valence-electron chi connectivity index (χ2n) is 5.76. The number of fused-ring (bicyclic) bond motifs is 1. The van der Waals surface area contributed by atoms with E-state index in [9.17, 15) is 9.18 Å². The van der Waals surface area contributed by atoms with Crippen LogP contribution in [0.4, 0.5) is 10.1 Å². The highest BCUT2D eigenvalue weighted by Gasteiger charge is 2.38. The van der Waals surface area contributed by atoms with Crippen LogP contribution in [0.3, 0.4) is 0 Å². The number of amides is 1. The van der Waals surface area contributed by atoms with Crippen LogP contribution in [0.2, 0.25) is 0 Å². The third-order valence-electron chi connectivity index (χ3n) is 4.39. The lowest BCUT2D eigenvalue weighted by Gasteiger charge is -2.24. The summed E-state index contributed by atoms with van der Waals surface area (Å²) >= 11 is 0. The van der Waals surface area contributed by atoms with Crippen LogP contribution < -0.4 is 10.6 Å². The van der Waals surface area contributed by atoms with Gasteiger partial charge in [-0.2, -0.15) is 0 Å². The standard InChI is InChI=1S/C15H19FN2O2/c16-11-8-10(5-6-14(11)19)17-15(20)13-7-9-3-1-2-4-12(9)18-13/h5-6,8-9,12-13,18-19H,1-4,7H2,(H,17,20). The Balaban J connectivity index is 1.63. The van der Waals surface area contributed by atoms with E-state index in [1.807, 2.05) is 0 Å². The summed E-state index contributed by atoms with van der Waals surface area (Å²) in [4.78, 5) is 12.2. The Kier molecular flexibility index (Phi) is 3.61. The predicted octanol–water partition coefficient (Wildman–Crippen LogP) is 2.39. The summed E-state index contributed by atoms with van der Waals surface area (Å²) in [5.74, 6) is -0.663.